The molecule has 2 atom stereocenters. The van der Waals surface area contributed by atoms with Gasteiger partial charge in [0, 0.05) is 23.0 Å². The van der Waals surface area contributed by atoms with E-state index in [4.69, 9.17) is 18.9 Å². The van der Waals surface area contributed by atoms with E-state index in [9.17, 15) is 19.2 Å². The zero-order chi connectivity index (χ0) is 26.4. The molecule has 0 aliphatic rings. The molecule has 0 heterocycles. The van der Waals surface area contributed by atoms with Gasteiger partial charge in [-0.1, -0.05) is 12.2 Å². The van der Waals surface area contributed by atoms with E-state index in [0.29, 0.717) is 23.0 Å². The van der Waals surface area contributed by atoms with E-state index in [-0.39, 0.29) is 0 Å². The van der Waals surface area contributed by atoms with Crippen molar-refractivity contribution < 1.29 is 38.1 Å². The Hall–Kier alpha value is -2.08. The van der Waals surface area contributed by atoms with Gasteiger partial charge in [0.25, 0.3) is 0 Å². The number of alkyl carbamates (subject to hydrolysis) is 2. The van der Waals surface area contributed by atoms with Gasteiger partial charge in [-0.15, -0.1) is 0 Å². The normalized spacial score (nSPS) is 13.5. The molecule has 0 spiro atoms. The zero-order valence-corrected chi connectivity index (χ0v) is 22.9. The third-order valence-electron chi connectivity index (χ3n) is 3.52. The predicted molar refractivity (Wildman–Crippen MR) is 134 cm³/mol. The Labute approximate surface area is 210 Å². The highest BCUT2D eigenvalue weighted by Crippen LogP contribution is 2.11. The van der Waals surface area contributed by atoms with Crippen LogP contribution in [-0.2, 0) is 28.5 Å². The summed E-state index contributed by atoms with van der Waals surface area (Å²) in [6.07, 6.45) is 2.45. The van der Waals surface area contributed by atoms with Gasteiger partial charge in [0.2, 0.25) is 0 Å². The van der Waals surface area contributed by atoms with Crippen molar-refractivity contribution in [2.75, 3.05) is 37.2 Å². The highest BCUT2D eigenvalue weighted by atomic mass is 32.2. The molecule has 12 heteroatoms. The summed E-state index contributed by atoms with van der Waals surface area (Å²) in [5, 5.41) is 5.04. The number of methoxy groups -OCH3 is 2. The molecule has 0 fully saturated rings. The lowest BCUT2D eigenvalue weighted by Crippen LogP contribution is -2.45. The monoisotopic (exact) mass is 522 g/mol. The molecule has 0 unspecified atom stereocenters. The van der Waals surface area contributed by atoms with E-state index in [2.05, 4.69) is 10.6 Å². The van der Waals surface area contributed by atoms with Crippen LogP contribution in [0.25, 0.3) is 0 Å². The second-order valence-corrected chi connectivity index (χ2v) is 11.1. The van der Waals surface area contributed by atoms with Gasteiger partial charge in [-0.05, 0) is 41.5 Å². The Morgan fingerprint density at radius 3 is 1.29 bits per heavy atom. The molecule has 0 saturated heterocycles. The van der Waals surface area contributed by atoms with E-state index in [1.165, 1.54) is 37.7 Å². The summed E-state index contributed by atoms with van der Waals surface area (Å²) >= 11 is 2.87. The van der Waals surface area contributed by atoms with Crippen molar-refractivity contribution in [3.05, 3.63) is 12.2 Å². The molecule has 2 N–H and O–H groups in total. The first-order valence-electron chi connectivity index (χ1n) is 10.6. The molecule has 0 radical (unpaired) electrons. The summed E-state index contributed by atoms with van der Waals surface area (Å²) in [4.78, 5) is 47.7. The molecule has 0 aliphatic carbocycles. The lowest BCUT2D eigenvalue weighted by Gasteiger charge is -2.22. The third kappa shape index (κ3) is 16.5. The van der Waals surface area contributed by atoms with Crippen molar-refractivity contribution in [2.24, 2.45) is 0 Å². The fraction of sp³-hybridized carbons (Fsp3) is 0.727. The van der Waals surface area contributed by atoms with E-state index >= 15 is 0 Å². The second-order valence-electron chi connectivity index (χ2n) is 8.99. The summed E-state index contributed by atoms with van der Waals surface area (Å²) in [7, 11) is 2.51. The number of carbonyl (C=O) groups is 4. The van der Waals surface area contributed by atoms with Crippen LogP contribution in [0.3, 0.4) is 0 Å². The highest BCUT2D eigenvalue weighted by molar-refractivity contribution is 7.99. The average molecular weight is 523 g/mol. The van der Waals surface area contributed by atoms with E-state index in [1.807, 2.05) is 12.2 Å². The minimum atomic E-state index is -0.827. The standard InChI is InChI=1S/C22H38N2O8S2/c1-21(2,3)31-19(27)23-15(17(25)29-7)13-33-11-9-10-12-34-14-16(18(26)30-8)24-20(28)32-22(4,5)6/h9-10,15-16H,11-14H2,1-8H3,(H,23,27)(H,24,28)/b10-9-/t15-,16-/m0/s1. The number of hydrogen-bond donors (Lipinski definition) is 2. The molecule has 0 aromatic carbocycles. The number of ether oxygens (including phenoxy) is 4. The summed E-state index contributed by atoms with van der Waals surface area (Å²) in [5.74, 6) is 0.719. The van der Waals surface area contributed by atoms with Gasteiger partial charge >= 0.3 is 24.1 Å². The van der Waals surface area contributed by atoms with E-state index < -0.39 is 47.4 Å². The lowest BCUT2D eigenvalue weighted by molar-refractivity contribution is -0.143. The molecule has 0 saturated carbocycles. The first-order chi connectivity index (χ1) is 15.7. The fourth-order valence-corrected chi connectivity index (χ4v) is 3.89. The van der Waals surface area contributed by atoms with Crippen LogP contribution in [0.5, 0.6) is 0 Å². The largest absolute Gasteiger partial charge is 0.467 e. The molecule has 34 heavy (non-hydrogen) atoms. The fourth-order valence-electron chi connectivity index (χ4n) is 2.17. The maximum atomic E-state index is 11.9. The van der Waals surface area contributed by atoms with Gasteiger partial charge < -0.3 is 29.6 Å². The maximum absolute atomic E-state index is 11.9. The summed E-state index contributed by atoms with van der Waals surface area (Å²) in [6.45, 7) is 10.4. The van der Waals surface area contributed by atoms with Gasteiger partial charge in [0.05, 0.1) is 14.2 Å². The predicted octanol–water partition coefficient (Wildman–Crippen LogP) is 3.14. The van der Waals surface area contributed by atoms with Crippen LogP contribution in [0.1, 0.15) is 41.5 Å². The van der Waals surface area contributed by atoms with Crippen molar-refractivity contribution in [1.29, 1.82) is 0 Å². The molecule has 0 aromatic rings. The SMILES string of the molecule is COC(=O)[C@H](CSC/C=C\CSC[C@H](NC(=O)OC(C)(C)C)C(=O)OC)NC(=O)OC(C)(C)C. The number of esters is 2. The zero-order valence-electron chi connectivity index (χ0n) is 21.2. The van der Waals surface area contributed by atoms with E-state index in [0.717, 1.165) is 0 Å². The van der Waals surface area contributed by atoms with Crippen molar-refractivity contribution in [2.45, 2.75) is 64.8 Å². The molecular formula is C22H38N2O8S2. The Bertz CT molecular complexity index is 644. The minimum absolute atomic E-state index is 0.313. The van der Waals surface area contributed by atoms with Crippen LogP contribution in [0.2, 0.25) is 0 Å². The number of rotatable bonds is 12. The molecule has 0 rings (SSSR count). The number of amides is 2. The Kier molecular flexibility index (Phi) is 14.8. The third-order valence-corrected chi connectivity index (χ3v) is 5.51. The molecular weight excluding hydrogens is 484 g/mol. The van der Waals surface area contributed by atoms with Crippen LogP contribution >= 0.6 is 23.5 Å². The summed E-state index contributed by atoms with van der Waals surface area (Å²) < 4.78 is 19.8. The van der Waals surface area contributed by atoms with Crippen molar-refractivity contribution in [1.82, 2.24) is 10.6 Å². The molecule has 2 amide bonds. The summed E-state index contributed by atoms with van der Waals surface area (Å²) in [6, 6.07) is -1.65. The Morgan fingerprint density at radius 2 is 1.03 bits per heavy atom. The topological polar surface area (TPSA) is 129 Å². The van der Waals surface area contributed by atoms with E-state index in [1.54, 1.807) is 41.5 Å². The average Bonchev–Trinajstić information content (AvgIpc) is 2.69. The van der Waals surface area contributed by atoms with Crippen LogP contribution in [-0.4, -0.2) is 84.6 Å². The van der Waals surface area contributed by atoms with Gasteiger partial charge in [-0.2, -0.15) is 23.5 Å². The first-order valence-corrected chi connectivity index (χ1v) is 12.9. The van der Waals surface area contributed by atoms with Gasteiger partial charge in [0.1, 0.15) is 23.3 Å². The van der Waals surface area contributed by atoms with Crippen molar-refractivity contribution in [3.63, 3.8) is 0 Å². The van der Waals surface area contributed by atoms with Crippen LogP contribution in [0.4, 0.5) is 9.59 Å². The first kappa shape index (κ1) is 31.9. The van der Waals surface area contributed by atoms with Crippen LogP contribution < -0.4 is 10.6 Å². The number of nitrogens with one attached hydrogen (secondary N) is 2. The maximum Gasteiger partial charge on any atom is 0.408 e. The summed E-state index contributed by atoms with van der Waals surface area (Å²) in [5.41, 5.74) is -1.35. The minimum Gasteiger partial charge on any atom is -0.467 e. The van der Waals surface area contributed by atoms with Crippen LogP contribution in [0.15, 0.2) is 12.2 Å². The molecule has 196 valence electrons. The Morgan fingerprint density at radius 1 is 0.706 bits per heavy atom. The van der Waals surface area contributed by atoms with Gasteiger partial charge in [0.15, 0.2) is 0 Å². The van der Waals surface area contributed by atoms with Crippen molar-refractivity contribution in [3.8, 4) is 0 Å². The smallest absolute Gasteiger partial charge is 0.408 e. The van der Waals surface area contributed by atoms with Gasteiger partial charge in [-0.3, -0.25) is 0 Å². The number of thioether (sulfide) groups is 2. The quantitative estimate of drug-likeness (QED) is 0.171. The van der Waals surface area contributed by atoms with Gasteiger partial charge in [-0.25, -0.2) is 19.2 Å². The van der Waals surface area contributed by atoms with Crippen molar-refractivity contribution >= 4 is 47.6 Å². The number of carbonyl (C=O) groups excluding carboxylic acids is 4. The second kappa shape index (κ2) is 15.8. The lowest BCUT2D eigenvalue weighted by atomic mass is 10.2. The molecule has 0 bridgehead atoms. The molecule has 0 aromatic heterocycles. The molecule has 10 nitrogen and oxygen atoms in total. The number of hydrogen-bond acceptors (Lipinski definition) is 10. The van der Waals surface area contributed by atoms with Crippen LogP contribution in [0, 0.1) is 0 Å². The highest BCUT2D eigenvalue weighted by Gasteiger charge is 2.26. The molecule has 0 aliphatic heterocycles. The Balaban J connectivity index is 4.45.